The molecule has 166 valence electrons. The maximum Gasteiger partial charge on any atom is 0.223 e. The number of amides is 1. The van der Waals surface area contributed by atoms with Gasteiger partial charge in [-0.25, -0.2) is 8.42 Å². The number of sulfone groups is 1. The van der Waals surface area contributed by atoms with E-state index in [0.717, 1.165) is 43.5 Å². The van der Waals surface area contributed by atoms with E-state index in [-0.39, 0.29) is 28.9 Å². The molecule has 0 radical (unpaired) electrons. The predicted octanol–water partition coefficient (Wildman–Crippen LogP) is 2.72. The van der Waals surface area contributed by atoms with Gasteiger partial charge in [-0.3, -0.25) is 4.79 Å². The van der Waals surface area contributed by atoms with Crippen LogP contribution in [0.5, 0.6) is 5.75 Å². The number of para-hydroxylation sites is 1. The van der Waals surface area contributed by atoms with Gasteiger partial charge in [0.15, 0.2) is 9.84 Å². The van der Waals surface area contributed by atoms with Crippen LogP contribution < -0.4 is 4.74 Å². The molecule has 0 aromatic heterocycles. The van der Waals surface area contributed by atoms with Crippen LogP contribution in [0.2, 0.25) is 0 Å². The van der Waals surface area contributed by atoms with Crippen LogP contribution in [0.4, 0.5) is 0 Å². The lowest BCUT2D eigenvalue weighted by Gasteiger charge is -2.42. The van der Waals surface area contributed by atoms with E-state index in [0.29, 0.717) is 31.8 Å². The first-order valence-electron chi connectivity index (χ1n) is 11.1. The molecule has 2 heterocycles. The molecule has 2 fully saturated rings. The molecule has 1 saturated carbocycles. The van der Waals surface area contributed by atoms with Crippen molar-refractivity contribution in [2.24, 2.45) is 11.8 Å². The fraction of sp³-hybridized carbons (Fsp3) is 0.696. The average Bonchev–Trinajstić information content (AvgIpc) is 2.93. The van der Waals surface area contributed by atoms with Crippen LogP contribution in [0.15, 0.2) is 24.3 Å². The van der Waals surface area contributed by atoms with Gasteiger partial charge >= 0.3 is 0 Å². The second-order valence-corrected chi connectivity index (χ2v) is 12.1. The lowest BCUT2D eigenvalue weighted by atomic mass is 9.78. The summed E-state index contributed by atoms with van der Waals surface area (Å²) < 4.78 is 30.3. The highest BCUT2D eigenvalue weighted by atomic mass is 32.2. The number of benzene rings is 1. The Kier molecular flexibility index (Phi) is 6.13. The van der Waals surface area contributed by atoms with E-state index < -0.39 is 9.84 Å². The van der Waals surface area contributed by atoms with E-state index in [2.05, 4.69) is 19.0 Å². The summed E-state index contributed by atoms with van der Waals surface area (Å²) in [6.07, 6.45) is 5.02. The van der Waals surface area contributed by atoms with Crippen molar-refractivity contribution in [1.29, 1.82) is 0 Å². The van der Waals surface area contributed by atoms with Gasteiger partial charge in [-0.1, -0.05) is 18.2 Å². The molecule has 0 N–H and O–H groups in total. The van der Waals surface area contributed by atoms with Crippen molar-refractivity contribution in [3.05, 3.63) is 29.8 Å². The van der Waals surface area contributed by atoms with Crippen LogP contribution >= 0.6 is 0 Å². The number of carbonyl (C=O) groups excluding carboxylic acids is 1. The van der Waals surface area contributed by atoms with E-state index in [1.807, 2.05) is 29.2 Å². The molecule has 6 nitrogen and oxygen atoms in total. The first-order valence-corrected chi connectivity index (χ1v) is 13.0. The van der Waals surface area contributed by atoms with Gasteiger partial charge in [0.25, 0.3) is 0 Å². The smallest absolute Gasteiger partial charge is 0.223 e. The van der Waals surface area contributed by atoms with Crippen LogP contribution in [-0.2, 0) is 21.2 Å². The van der Waals surface area contributed by atoms with Gasteiger partial charge < -0.3 is 14.5 Å². The van der Waals surface area contributed by atoms with Crippen molar-refractivity contribution in [3.63, 3.8) is 0 Å². The summed E-state index contributed by atoms with van der Waals surface area (Å²) in [4.78, 5) is 17.4. The van der Waals surface area contributed by atoms with E-state index in [4.69, 9.17) is 4.74 Å². The van der Waals surface area contributed by atoms with Crippen molar-refractivity contribution in [3.8, 4) is 5.75 Å². The van der Waals surface area contributed by atoms with Crippen molar-refractivity contribution < 1.29 is 17.9 Å². The third kappa shape index (κ3) is 4.99. The summed E-state index contributed by atoms with van der Waals surface area (Å²) in [5, 5.41) is 0. The maximum absolute atomic E-state index is 13.2. The number of hydrogen-bond acceptors (Lipinski definition) is 5. The van der Waals surface area contributed by atoms with E-state index >= 15 is 0 Å². The lowest BCUT2D eigenvalue weighted by molar-refractivity contribution is -0.136. The second-order valence-electron chi connectivity index (χ2n) is 9.82. The average molecular weight is 435 g/mol. The molecular formula is C23H34N2O4S. The van der Waals surface area contributed by atoms with Crippen LogP contribution in [0.1, 0.15) is 44.1 Å². The molecule has 3 aliphatic rings. The monoisotopic (exact) mass is 434 g/mol. The second kappa shape index (κ2) is 8.50. The molecule has 1 atom stereocenters. The highest BCUT2D eigenvalue weighted by molar-refractivity contribution is 7.91. The van der Waals surface area contributed by atoms with Crippen LogP contribution in [0.25, 0.3) is 0 Å². The molecule has 30 heavy (non-hydrogen) atoms. The molecule has 7 heteroatoms. The Morgan fingerprint density at radius 2 is 1.90 bits per heavy atom. The molecule has 1 amide bonds. The Bertz CT molecular complexity index is 875. The summed E-state index contributed by atoms with van der Waals surface area (Å²) in [5.74, 6) is 1.94. The third-order valence-corrected chi connectivity index (χ3v) is 8.76. The molecule has 1 aliphatic carbocycles. The first kappa shape index (κ1) is 21.6. The fourth-order valence-electron chi connectivity index (χ4n) is 5.36. The predicted molar refractivity (Wildman–Crippen MR) is 117 cm³/mol. The number of rotatable bonds is 4. The molecule has 1 unspecified atom stereocenters. The Balaban J connectivity index is 1.51. The largest absolute Gasteiger partial charge is 0.485 e. The van der Waals surface area contributed by atoms with Gasteiger partial charge in [0, 0.05) is 25.1 Å². The zero-order valence-corrected chi connectivity index (χ0v) is 19.0. The SMILES string of the molecule is CN(C)CC1CCC2(CC1)CN(C(=O)CC1CCS(=O)(=O)C1)Cc1ccccc1O2. The topological polar surface area (TPSA) is 66.9 Å². The number of fused-ring (bicyclic) bond motifs is 1. The first-order chi connectivity index (χ1) is 14.2. The van der Waals surface area contributed by atoms with Gasteiger partial charge in [0.05, 0.1) is 18.1 Å². The minimum absolute atomic E-state index is 0.0475. The Hall–Kier alpha value is -1.60. The fourth-order valence-corrected chi connectivity index (χ4v) is 7.22. The molecule has 0 bridgehead atoms. The number of nitrogens with zero attached hydrogens (tertiary/aromatic N) is 2. The van der Waals surface area contributed by atoms with Gasteiger partial charge in [0.2, 0.25) is 5.91 Å². The summed E-state index contributed by atoms with van der Waals surface area (Å²) >= 11 is 0. The van der Waals surface area contributed by atoms with E-state index in [9.17, 15) is 13.2 Å². The summed E-state index contributed by atoms with van der Waals surface area (Å²) in [7, 11) is 1.26. The zero-order chi connectivity index (χ0) is 21.4. The summed E-state index contributed by atoms with van der Waals surface area (Å²) in [6.45, 7) is 2.22. The molecule has 1 saturated heterocycles. The van der Waals surface area contributed by atoms with Crippen molar-refractivity contribution >= 4 is 15.7 Å². The molecule has 2 aliphatic heterocycles. The molecule has 1 spiro atoms. The maximum atomic E-state index is 13.2. The Morgan fingerprint density at radius 3 is 2.57 bits per heavy atom. The summed E-state index contributed by atoms with van der Waals surface area (Å²) in [6, 6.07) is 8.03. The van der Waals surface area contributed by atoms with Gasteiger partial charge in [-0.05, 0) is 64.1 Å². The van der Waals surface area contributed by atoms with Crippen molar-refractivity contribution in [2.75, 3.05) is 38.7 Å². The summed E-state index contributed by atoms with van der Waals surface area (Å²) in [5.41, 5.74) is 0.699. The van der Waals surface area contributed by atoms with Crippen LogP contribution in [0.3, 0.4) is 0 Å². The minimum Gasteiger partial charge on any atom is -0.485 e. The van der Waals surface area contributed by atoms with E-state index in [1.54, 1.807) is 0 Å². The molecule has 4 rings (SSSR count). The van der Waals surface area contributed by atoms with Gasteiger partial charge in [-0.15, -0.1) is 0 Å². The van der Waals surface area contributed by atoms with Crippen molar-refractivity contribution in [2.45, 2.75) is 50.7 Å². The normalized spacial score (nSPS) is 30.7. The van der Waals surface area contributed by atoms with Crippen molar-refractivity contribution in [1.82, 2.24) is 9.80 Å². The van der Waals surface area contributed by atoms with Crippen LogP contribution in [-0.4, -0.2) is 68.4 Å². The van der Waals surface area contributed by atoms with Crippen LogP contribution in [0, 0.1) is 11.8 Å². The number of carbonyl (C=O) groups is 1. The minimum atomic E-state index is -2.97. The molecular weight excluding hydrogens is 400 g/mol. The zero-order valence-electron chi connectivity index (χ0n) is 18.2. The quantitative estimate of drug-likeness (QED) is 0.729. The van der Waals surface area contributed by atoms with Gasteiger partial charge in [-0.2, -0.15) is 0 Å². The third-order valence-electron chi connectivity index (χ3n) is 6.92. The Labute approximate surface area is 180 Å². The molecule has 1 aromatic rings. The number of ether oxygens (including phenoxy) is 1. The highest BCUT2D eigenvalue weighted by Crippen LogP contribution is 2.40. The highest BCUT2D eigenvalue weighted by Gasteiger charge is 2.42. The molecule has 1 aromatic carbocycles. The standard InChI is InChI=1S/C23H34N2O4S/c1-24(2)14-18-7-10-23(11-8-18)17-25(15-20-5-3-4-6-21(20)29-23)22(26)13-19-9-12-30(27,28)16-19/h3-6,18-19H,7-17H2,1-2H3. The number of hydrogen-bond donors (Lipinski definition) is 0. The van der Waals surface area contributed by atoms with E-state index in [1.165, 1.54) is 0 Å². The lowest BCUT2D eigenvalue weighted by Crippen LogP contribution is -2.50. The van der Waals surface area contributed by atoms with Gasteiger partial charge in [0.1, 0.15) is 11.4 Å². The Morgan fingerprint density at radius 1 is 1.17 bits per heavy atom.